The molecule has 8 heteroatoms. The first-order valence-electron chi connectivity index (χ1n) is 5.64. The van der Waals surface area contributed by atoms with Gasteiger partial charge in [0.2, 0.25) is 0 Å². The molecule has 1 aromatic rings. The van der Waals surface area contributed by atoms with E-state index >= 15 is 0 Å². The van der Waals surface area contributed by atoms with Crippen LogP contribution in [-0.4, -0.2) is 18.6 Å². The van der Waals surface area contributed by atoms with Gasteiger partial charge in [-0.1, -0.05) is 23.2 Å². The molecule has 1 unspecified atom stereocenters. The topological polar surface area (TPSA) is 52.3 Å². The average molecular weight is 330 g/mol. The molecule has 0 saturated carbocycles. The first kappa shape index (κ1) is 17.1. The van der Waals surface area contributed by atoms with Crippen molar-refractivity contribution in [1.82, 2.24) is 0 Å². The number of carbonyl (C=O) groups excluding carboxylic acids is 1. The minimum Gasteiger partial charge on any atom is -0.465 e. The van der Waals surface area contributed by atoms with Crippen LogP contribution in [0.1, 0.15) is 18.1 Å². The molecular formula is C12H12Cl2F3NO2. The van der Waals surface area contributed by atoms with Crippen molar-refractivity contribution in [2.75, 3.05) is 6.61 Å². The van der Waals surface area contributed by atoms with Gasteiger partial charge in [0.1, 0.15) is 6.04 Å². The van der Waals surface area contributed by atoms with Crippen LogP contribution in [0, 0.1) is 0 Å². The van der Waals surface area contributed by atoms with Crippen LogP contribution < -0.4 is 5.73 Å². The number of esters is 1. The number of hydrogen-bond acceptors (Lipinski definition) is 3. The predicted molar refractivity (Wildman–Crippen MR) is 69.8 cm³/mol. The normalized spacial score (nSPS) is 13.2. The van der Waals surface area contributed by atoms with Crippen molar-refractivity contribution in [2.45, 2.75) is 25.6 Å². The molecule has 3 nitrogen and oxygen atoms in total. The number of carbonyl (C=O) groups is 1. The third kappa shape index (κ3) is 4.26. The first-order valence-corrected chi connectivity index (χ1v) is 6.39. The van der Waals surface area contributed by atoms with Crippen molar-refractivity contribution in [1.29, 1.82) is 0 Å². The second-order valence-corrected chi connectivity index (χ2v) is 4.80. The quantitative estimate of drug-likeness (QED) is 0.861. The molecule has 0 heterocycles. The lowest BCUT2D eigenvalue weighted by Gasteiger charge is -2.17. The van der Waals surface area contributed by atoms with Crippen LogP contribution in [0.5, 0.6) is 0 Å². The van der Waals surface area contributed by atoms with Gasteiger partial charge in [-0.25, -0.2) is 0 Å². The van der Waals surface area contributed by atoms with Gasteiger partial charge in [0.05, 0.1) is 22.2 Å². The number of ether oxygens (including phenoxy) is 1. The molecule has 0 aliphatic rings. The van der Waals surface area contributed by atoms with E-state index < -0.39 is 23.8 Å². The van der Waals surface area contributed by atoms with Crippen LogP contribution >= 0.6 is 23.2 Å². The van der Waals surface area contributed by atoms with Crippen molar-refractivity contribution in [3.05, 3.63) is 33.3 Å². The monoisotopic (exact) mass is 329 g/mol. The van der Waals surface area contributed by atoms with E-state index in [0.29, 0.717) is 0 Å². The molecule has 0 radical (unpaired) electrons. The second-order valence-electron chi connectivity index (χ2n) is 3.98. The van der Waals surface area contributed by atoms with Crippen molar-refractivity contribution >= 4 is 29.2 Å². The fourth-order valence-electron chi connectivity index (χ4n) is 1.59. The van der Waals surface area contributed by atoms with Crippen LogP contribution in [0.15, 0.2) is 12.1 Å². The summed E-state index contributed by atoms with van der Waals surface area (Å²) in [4.78, 5) is 11.4. The molecule has 0 aliphatic carbocycles. The Hall–Kier alpha value is -0.980. The summed E-state index contributed by atoms with van der Waals surface area (Å²) in [6.45, 7) is 1.67. The highest BCUT2D eigenvalue weighted by atomic mass is 35.5. The van der Waals surface area contributed by atoms with Crippen LogP contribution in [0.25, 0.3) is 0 Å². The van der Waals surface area contributed by atoms with E-state index in [2.05, 4.69) is 4.74 Å². The third-order valence-electron chi connectivity index (χ3n) is 2.48. The van der Waals surface area contributed by atoms with Gasteiger partial charge in [0, 0.05) is 0 Å². The number of nitrogens with two attached hydrogens (primary N) is 1. The zero-order valence-electron chi connectivity index (χ0n) is 10.4. The van der Waals surface area contributed by atoms with Gasteiger partial charge in [-0.2, -0.15) is 13.2 Å². The Bertz CT molecular complexity index is 506. The molecule has 0 fully saturated rings. The molecule has 0 spiro atoms. The Balaban J connectivity index is 3.11. The molecule has 1 aromatic carbocycles. The fraction of sp³-hybridized carbons (Fsp3) is 0.417. The highest BCUT2D eigenvalue weighted by molar-refractivity contribution is 6.42. The van der Waals surface area contributed by atoms with E-state index in [9.17, 15) is 18.0 Å². The second kappa shape index (κ2) is 6.65. The summed E-state index contributed by atoms with van der Waals surface area (Å²) >= 11 is 11.3. The molecule has 112 valence electrons. The molecule has 0 aliphatic heterocycles. The van der Waals surface area contributed by atoms with E-state index in [1.807, 2.05) is 0 Å². The summed E-state index contributed by atoms with van der Waals surface area (Å²) in [5, 5.41) is -0.252. The van der Waals surface area contributed by atoms with Crippen molar-refractivity contribution in [2.24, 2.45) is 5.73 Å². The molecule has 1 atom stereocenters. The number of benzene rings is 1. The molecule has 2 N–H and O–H groups in total. The molecule has 1 rings (SSSR count). The lowest BCUT2D eigenvalue weighted by atomic mass is 10.00. The van der Waals surface area contributed by atoms with E-state index in [-0.39, 0.29) is 28.6 Å². The Kier molecular flexibility index (Phi) is 5.68. The summed E-state index contributed by atoms with van der Waals surface area (Å²) in [5.41, 5.74) is 4.35. The summed E-state index contributed by atoms with van der Waals surface area (Å²) in [7, 11) is 0. The Morgan fingerprint density at radius 3 is 2.40 bits per heavy atom. The minimum absolute atomic E-state index is 0.0364. The maximum absolute atomic E-state index is 12.9. The van der Waals surface area contributed by atoms with Gasteiger partial charge in [-0.05, 0) is 31.0 Å². The number of hydrogen-bond donors (Lipinski definition) is 1. The zero-order chi connectivity index (χ0) is 15.5. The average Bonchev–Trinajstić information content (AvgIpc) is 2.32. The first-order chi connectivity index (χ1) is 9.16. The van der Waals surface area contributed by atoms with Gasteiger partial charge >= 0.3 is 12.1 Å². The highest BCUT2D eigenvalue weighted by Crippen LogP contribution is 2.37. The minimum atomic E-state index is -4.61. The van der Waals surface area contributed by atoms with E-state index in [0.717, 1.165) is 12.1 Å². The van der Waals surface area contributed by atoms with E-state index in [1.165, 1.54) is 0 Å². The predicted octanol–water partition coefficient (Wildman–Crippen LogP) is 3.45. The maximum Gasteiger partial charge on any atom is 0.416 e. The van der Waals surface area contributed by atoms with Crippen LogP contribution in [-0.2, 0) is 22.1 Å². The fourth-order valence-corrected chi connectivity index (χ4v) is 1.94. The van der Waals surface area contributed by atoms with Gasteiger partial charge in [-0.15, -0.1) is 0 Å². The summed E-state index contributed by atoms with van der Waals surface area (Å²) < 4.78 is 43.4. The van der Waals surface area contributed by atoms with E-state index in [1.54, 1.807) is 6.92 Å². The Morgan fingerprint density at radius 1 is 1.35 bits per heavy atom. The summed E-state index contributed by atoms with van der Waals surface area (Å²) in [6.07, 6.45) is -4.96. The SMILES string of the molecule is CCOC(=O)C(N)Cc1cc(Cl)c(Cl)cc1C(F)(F)F. The Morgan fingerprint density at radius 2 is 1.90 bits per heavy atom. The smallest absolute Gasteiger partial charge is 0.416 e. The van der Waals surface area contributed by atoms with Crippen molar-refractivity contribution in [3.8, 4) is 0 Å². The maximum atomic E-state index is 12.9. The van der Waals surface area contributed by atoms with Gasteiger partial charge in [0.25, 0.3) is 0 Å². The zero-order valence-corrected chi connectivity index (χ0v) is 11.9. The molecule has 0 aromatic heterocycles. The Labute approximate surface area is 123 Å². The standard InChI is InChI=1S/C12H12Cl2F3NO2/c1-2-20-11(19)10(18)4-6-3-8(13)9(14)5-7(6)12(15,16)17/h3,5,10H,2,4,18H2,1H3. The molecular weight excluding hydrogens is 318 g/mol. The van der Waals surface area contributed by atoms with Crippen LogP contribution in [0.4, 0.5) is 13.2 Å². The third-order valence-corrected chi connectivity index (χ3v) is 3.20. The number of alkyl halides is 3. The number of halogens is 5. The molecule has 20 heavy (non-hydrogen) atoms. The number of rotatable bonds is 4. The van der Waals surface area contributed by atoms with Gasteiger partial charge in [0.15, 0.2) is 0 Å². The van der Waals surface area contributed by atoms with Crippen LogP contribution in [0.3, 0.4) is 0 Å². The molecule has 0 bridgehead atoms. The molecule has 0 saturated heterocycles. The summed E-state index contributed by atoms with van der Waals surface area (Å²) in [5.74, 6) is -0.772. The van der Waals surface area contributed by atoms with Gasteiger partial charge in [-0.3, -0.25) is 4.79 Å². The van der Waals surface area contributed by atoms with Crippen LogP contribution in [0.2, 0.25) is 10.0 Å². The van der Waals surface area contributed by atoms with Crippen molar-refractivity contribution in [3.63, 3.8) is 0 Å². The highest BCUT2D eigenvalue weighted by Gasteiger charge is 2.35. The van der Waals surface area contributed by atoms with Gasteiger partial charge < -0.3 is 10.5 Å². The van der Waals surface area contributed by atoms with Crippen molar-refractivity contribution < 1.29 is 22.7 Å². The summed E-state index contributed by atoms with van der Waals surface area (Å²) in [6, 6.07) is 0.580. The van der Waals surface area contributed by atoms with E-state index in [4.69, 9.17) is 28.9 Å². The largest absolute Gasteiger partial charge is 0.465 e. The lowest BCUT2D eigenvalue weighted by molar-refractivity contribution is -0.145. The molecule has 0 amide bonds. The lowest BCUT2D eigenvalue weighted by Crippen LogP contribution is -2.35.